The third-order valence-corrected chi connectivity index (χ3v) is 4.06. The van der Waals surface area contributed by atoms with E-state index in [1.165, 1.54) is 0 Å². The topological polar surface area (TPSA) is 62.2 Å². The van der Waals surface area contributed by atoms with Gasteiger partial charge < -0.3 is 15.5 Å². The van der Waals surface area contributed by atoms with E-state index in [9.17, 15) is 4.79 Å². The van der Waals surface area contributed by atoms with Crippen LogP contribution in [0.2, 0.25) is 0 Å². The normalized spacial score (nSPS) is 21.4. The molecular formula is C15H25N5OS. The summed E-state index contributed by atoms with van der Waals surface area (Å²) in [5, 5.41) is 11.2. The summed E-state index contributed by atoms with van der Waals surface area (Å²) in [6.07, 6.45) is 5.11. The highest BCUT2D eigenvalue weighted by Crippen LogP contribution is 2.14. The number of hydrogen-bond acceptors (Lipinski definition) is 3. The van der Waals surface area contributed by atoms with Crippen molar-refractivity contribution in [3.05, 3.63) is 18.0 Å². The van der Waals surface area contributed by atoms with Crippen LogP contribution in [-0.2, 0) is 18.4 Å². The van der Waals surface area contributed by atoms with Crippen LogP contribution >= 0.6 is 12.2 Å². The number of carbonyl (C=O) groups is 1. The van der Waals surface area contributed by atoms with E-state index in [0.29, 0.717) is 24.1 Å². The number of amides is 1. The predicted molar refractivity (Wildman–Crippen MR) is 90.2 cm³/mol. The summed E-state index contributed by atoms with van der Waals surface area (Å²) < 4.78 is 1.76. The second-order valence-corrected chi connectivity index (χ2v) is 6.70. The summed E-state index contributed by atoms with van der Waals surface area (Å²) in [6, 6.07) is 0.558. The zero-order chi connectivity index (χ0) is 16.3. The lowest BCUT2D eigenvalue weighted by atomic mass is 10.0. The lowest BCUT2D eigenvalue weighted by Gasteiger charge is -2.33. The molecule has 2 atom stereocenters. The van der Waals surface area contributed by atoms with E-state index in [1.54, 1.807) is 4.68 Å². The summed E-state index contributed by atoms with van der Waals surface area (Å²) in [7, 11) is 1.88. The van der Waals surface area contributed by atoms with Crippen LogP contribution in [0.25, 0.3) is 0 Å². The van der Waals surface area contributed by atoms with Crippen molar-refractivity contribution in [2.45, 2.75) is 58.3 Å². The van der Waals surface area contributed by atoms with Crippen molar-refractivity contribution in [1.29, 1.82) is 0 Å². The summed E-state index contributed by atoms with van der Waals surface area (Å²) in [6.45, 7) is 6.75. The van der Waals surface area contributed by atoms with Crippen molar-refractivity contribution in [2.24, 2.45) is 7.05 Å². The molecule has 2 rings (SSSR count). The molecule has 1 aliphatic rings. The van der Waals surface area contributed by atoms with E-state index in [2.05, 4.69) is 22.7 Å². The second kappa shape index (κ2) is 7.09. The summed E-state index contributed by atoms with van der Waals surface area (Å²) in [5.74, 6) is 0.147. The maximum absolute atomic E-state index is 12.7. The number of nitrogens with zero attached hydrogens (tertiary/aromatic N) is 3. The number of nitrogens with one attached hydrogen (secondary N) is 2. The van der Waals surface area contributed by atoms with Crippen LogP contribution in [0.3, 0.4) is 0 Å². The van der Waals surface area contributed by atoms with Crippen molar-refractivity contribution in [1.82, 2.24) is 25.3 Å². The minimum Gasteiger partial charge on any atom is -0.360 e. The highest BCUT2D eigenvalue weighted by atomic mass is 32.1. The van der Waals surface area contributed by atoms with Crippen LogP contribution in [0.5, 0.6) is 0 Å². The Morgan fingerprint density at radius 2 is 2.27 bits per heavy atom. The van der Waals surface area contributed by atoms with Crippen molar-refractivity contribution >= 4 is 23.2 Å². The molecule has 0 saturated carbocycles. The average molecular weight is 323 g/mol. The first-order chi connectivity index (χ1) is 10.3. The van der Waals surface area contributed by atoms with Crippen LogP contribution in [0.1, 0.15) is 39.2 Å². The average Bonchev–Trinajstić information content (AvgIpc) is 2.79. The van der Waals surface area contributed by atoms with Gasteiger partial charge in [-0.05, 0) is 39.4 Å². The smallest absolute Gasteiger partial charge is 0.225 e. The van der Waals surface area contributed by atoms with Crippen LogP contribution in [-0.4, -0.2) is 43.8 Å². The Morgan fingerprint density at radius 1 is 1.55 bits per heavy atom. The van der Waals surface area contributed by atoms with Gasteiger partial charge in [-0.15, -0.1) is 0 Å². The minimum absolute atomic E-state index is 0.103. The molecule has 0 spiro atoms. The molecule has 1 aromatic heterocycles. The molecule has 0 bridgehead atoms. The molecule has 2 heterocycles. The van der Waals surface area contributed by atoms with Gasteiger partial charge in [-0.1, -0.05) is 0 Å². The lowest BCUT2D eigenvalue weighted by Crippen LogP contribution is -2.54. The molecule has 7 heteroatoms. The SMILES string of the molecule is CC(C)N(Cc1cnn(C)c1)C(=O)C[C@@H]1C[C@@H](C)NC(=S)N1. The maximum Gasteiger partial charge on any atom is 0.225 e. The van der Waals surface area contributed by atoms with Crippen LogP contribution in [0.15, 0.2) is 12.4 Å². The molecule has 1 aliphatic heterocycles. The molecule has 1 fully saturated rings. The first-order valence-corrected chi connectivity index (χ1v) is 8.10. The zero-order valence-corrected chi connectivity index (χ0v) is 14.5. The van der Waals surface area contributed by atoms with Gasteiger partial charge in [0.25, 0.3) is 0 Å². The Hall–Kier alpha value is -1.63. The van der Waals surface area contributed by atoms with Crippen LogP contribution < -0.4 is 10.6 Å². The Morgan fingerprint density at radius 3 is 2.82 bits per heavy atom. The van der Waals surface area contributed by atoms with Gasteiger partial charge in [-0.25, -0.2) is 0 Å². The molecule has 2 N–H and O–H groups in total. The Balaban J connectivity index is 1.98. The fourth-order valence-corrected chi connectivity index (χ4v) is 3.13. The van der Waals surface area contributed by atoms with E-state index < -0.39 is 0 Å². The van der Waals surface area contributed by atoms with Crippen LogP contribution in [0, 0.1) is 0 Å². The summed E-state index contributed by atoms with van der Waals surface area (Å²) in [5.41, 5.74) is 1.05. The molecular weight excluding hydrogens is 298 g/mol. The van der Waals surface area contributed by atoms with Crippen molar-refractivity contribution < 1.29 is 4.79 Å². The van der Waals surface area contributed by atoms with E-state index in [1.807, 2.05) is 38.2 Å². The van der Waals surface area contributed by atoms with Gasteiger partial charge >= 0.3 is 0 Å². The largest absolute Gasteiger partial charge is 0.360 e. The molecule has 22 heavy (non-hydrogen) atoms. The molecule has 0 aromatic carbocycles. The third kappa shape index (κ3) is 4.43. The maximum atomic E-state index is 12.7. The summed E-state index contributed by atoms with van der Waals surface area (Å²) >= 11 is 5.18. The number of aryl methyl sites for hydroxylation is 1. The van der Waals surface area contributed by atoms with Gasteiger partial charge in [0.2, 0.25) is 5.91 Å². The van der Waals surface area contributed by atoms with Crippen molar-refractivity contribution in [3.63, 3.8) is 0 Å². The summed E-state index contributed by atoms with van der Waals surface area (Å²) in [4.78, 5) is 14.6. The fraction of sp³-hybridized carbons (Fsp3) is 0.667. The molecule has 1 aromatic rings. The highest BCUT2D eigenvalue weighted by Gasteiger charge is 2.26. The van der Waals surface area contributed by atoms with Crippen molar-refractivity contribution in [3.8, 4) is 0 Å². The fourth-order valence-electron chi connectivity index (χ4n) is 2.77. The Labute approximate surface area is 137 Å². The van der Waals surface area contributed by atoms with Gasteiger partial charge in [0.15, 0.2) is 5.11 Å². The first kappa shape index (κ1) is 16.7. The number of aromatic nitrogens is 2. The third-order valence-electron chi connectivity index (χ3n) is 3.83. The Kier molecular flexibility index (Phi) is 5.39. The van der Waals surface area contributed by atoms with Gasteiger partial charge in [0.1, 0.15) is 0 Å². The van der Waals surface area contributed by atoms with Gasteiger partial charge in [-0.3, -0.25) is 9.48 Å². The van der Waals surface area contributed by atoms with E-state index in [4.69, 9.17) is 12.2 Å². The molecule has 0 unspecified atom stereocenters. The van der Waals surface area contributed by atoms with Gasteiger partial charge in [-0.2, -0.15) is 5.10 Å². The number of rotatable bonds is 5. The van der Waals surface area contributed by atoms with Crippen molar-refractivity contribution in [2.75, 3.05) is 0 Å². The molecule has 0 aliphatic carbocycles. The van der Waals surface area contributed by atoms with E-state index >= 15 is 0 Å². The van der Waals surface area contributed by atoms with Crippen LogP contribution in [0.4, 0.5) is 0 Å². The quantitative estimate of drug-likeness (QED) is 0.797. The number of hydrogen-bond donors (Lipinski definition) is 2. The second-order valence-electron chi connectivity index (χ2n) is 6.29. The van der Waals surface area contributed by atoms with Gasteiger partial charge in [0, 0.05) is 49.9 Å². The molecule has 0 radical (unpaired) electrons. The number of carbonyl (C=O) groups excluding carboxylic acids is 1. The van der Waals surface area contributed by atoms with E-state index in [-0.39, 0.29) is 18.0 Å². The highest BCUT2D eigenvalue weighted by molar-refractivity contribution is 7.80. The first-order valence-electron chi connectivity index (χ1n) is 7.69. The Bertz CT molecular complexity index is 542. The number of thiocarbonyl (C=S) groups is 1. The monoisotopic (exact) mass is 323 g/mol. The van der Waals surface area contributed by atoms with Gasteiger partial charge in [0.05, 0.1) is 6.20 Å². The minimum atomic E-state index is 0.103. The standard InChI is InChI=1S/C15H25N5OS/c1-10(2)20(9-12-7-16-19(4)8-12)14(21)6-13-5-11(3)17-15(22)18-13/h7-8,10-11,13H,5-6,9H2,1-4H3,(H2,17,18,22)/t11-,13+/m1/s1. The lowest BCUT2D eigenvalue weighted by molar-refractivity contribution is -0.134. The zero-order valence-electron chi connectivity index (χ0n) is 13.7. The molecule has 1 saturated heterocycles. The molecule has 122 valence electrons. The molecule has 1 amide bonds. The predicted octanol–water partition coefficient (Wildman–Crippen LogP) is 1.17. The van der Waals surface area contributed by atoms with E-state index in [0.717, 1.165) is 12.0 Å². The molecule has 6 nitrogen and oxygen atoms in total.